The van der Waals surface area contributed by atoms with Crippen molar-refractivity contribution in [2.75, 3.05) is 20.2 Å². The van der Waals surface area contributed by atoms with Crippen molar-refractivity contribution in [3.05, 3.63) is 29.8 Å². The van der Waals surface area contributed by atoms with Crippen molar-refractivity contribution in [3.63, 3.8) is 0 Å². The molecule has 0 saturated carbocycles. The molecule has 0 fully saturated rings. The van der Waals surface area contributed by atoms with Crippen molar-refractivity contribution >= 4 is 11.9 Å². The smallest absolute Gasteiger partial charge is 0.341 e. The number of nitrogens with two attached hydrogens (primary N) is 1. The number of esters is 1. The summed E-state index contributed by atoms with van der Waals surface area (Å²) in [6.45, 7) is 0.744. The molecule has 0 aromatic heterocycles. The highest BCUT2D eigenvalue weighted by Gasteiger charge is 2.11. The van der Waals surface area contributed by atoms with Gasteiger partial charge in [0.25, 0.3) is 0 Å². The molecular weight excluding hydrogens is 234 g/mol. The predicted molar refractivity (Wildman–Crippen MR) is 67.6 cm³/mol. The molecule has 0 radical (unpaired) electrons. The zero-order chi connectivity index (χ0) is 13.5. The van der Waals surface area contributed by atoms with Crippen LogP contribution in [0.25, 0.3) is 0 Å². The Labute approximate surface area is 105 Å². The third kappa shape index (κ3) is 3.97. The minimum absolute atomic E-state index is 0.0259. The number of rotatable bonds is 5. The van der Waals surface area contributed by atoms with Crippen LogP contribution in [0.3, 0.4) is 0 Å². The van der Waals surface area contributed by atoms with Gasteiger partial charge in [-0.15, -0.1) is 0 Å². The van der Waals surface area contributed by atoms with Crippen LogP contribution in [0.15, 0.2) is 24.3 Å². The summed E-state index contributed by atoms with van der Waals surface area (Å²) in [5.74, 6) is -0.677. The van der Waals surface area contributed by atoms with Crippen LogP contribution in [-0.4, -0.2) is 42.1 Å². The Morgan fingerprint density at radius 1 is 1.50 bits per heavy atom. The highest BCUT2D eigenvalue weighted by atomic mass is 16.5. The fourth-order valence-electron chi connectivity index (χ4n) is 1.31. The highest BCUT2D eigenvalue weighted by molar-refractivity contribution is 5.92. The van der Waals surface area contributed by atoms with E-state index >= 15 is 0 Å². The van der Waals surface area contributed by atoms with Gasteiger partial charge in [-0.3, -0.25) is 5.41 Å². The van der Waals surface area contributed by atoms with E-state index in [4.69, 9.17) is 15.9 Å². The molecule has 1 aromatic rings. The van der Waals surface area contributed by atoms with E-state index in [1.807, 2.05) is 0 Å². The van der Waals surface area contributed by atoms with Gasteiger partial charge in [0.1, 0.15) is 11.3 Å². The second kappa shape index (κ2) is 6.48. The maximum atomic E-state index is 11.6. The topological polar surface area (TPSA) is 99.6 Å². The lowest BCUT2D eigenvalue weighted by molar-refractivity contribution is 0.0493. The maximum absolute atomic E-state index is 11.6. The number of hydrogen-bond acceptors (Lipinski definition) is 4. The highest BCUT2D eigenvalue weighted by Crippen LogP contribution is 2.16. The average molecular weight is 251 g/mol. The normalized spacial score (nSPS) is 9.83. The SMILES string of the molecule is CN(CCCOC(=O)c1ccccc1O)C(=N)N. The van der Waals surface area contributed by atoms with Gasteiger partial charge >= 0.3 is 5.97 Å². The van der Waals surface area contributed by atoms with Gasteiger partial charge < -0.3 is 20.5 Å². The van der Waals surface area contributed by atoms with Gasteiger partial charge in [-0.05, 0) is 18.6 Å². The number of phenolic OH excluding ortho intramolecular Hbond substituents is 1. The molecule has 0 heterocycles. The third-order valence-corrected chi connectivity index (χ3v) is 2.41. The van der Waals surface area contributed by atoms with Crippen LogP contribution < -0.4 is 5.73 Å². The molecule has 0 saturated heterocycles. The molecule has 6 nitrogen and oxygen atoms in total. The quantitative estimate of drug-likeness (QED) is 0.310. The number of benzene rings is 1. The molecule has 0 aliphatic carbocycles. The van der Waals surface area contributed by atoms with Crippen molar-refractivity contribution in [3.8, 4) is 5.75 Å². The van der Waals surface area contributed by atoms with Crippen LogP contribution in [0.1, 0.15) is 16.8 Å². The predicted octanol–water partition coefficient (Wildman–Crippen LogP) is 0.764. The first-order valence-electron chi connectivity index (χ1n) is 5.52. The van der Waals surface area contributed by atoms with Crippen LogP contribution >= 0.6 is 0 Å². The zero-order valence-electron chi connectivity index (χ0n) is 10.2. The van der Waals surface area contributed by atoms with E-state index in [0.717, 1.165) is 0 Å². The molecule has 6 heteroatoms. The number of phenols is 1. The summed E-state index contributed by atoms with van der Waals surface area (Å²) in [4.78, 5) is 13.1. The average Bonchev–Trinajstić information content (AvgIpc) is 2.34. The number of hydrogen-bond donors (Lipinski definition) is 3. The molecule has 0 aliphatic heterocycles. The third-order valence-electron chi connectivity index (χ3n) is 2.41. The summed E-state index contributed by atoms with van der Waals surface area (Å²) in [5.41, 5.74) is 5.41. The van der Waals surface area contributed by atoms with E-state index < -0.39 is 5.97 Å². The molecule has 1 aromatic carbocycles. The summed E-state index contributed by atoms with van der Waals surface area (Å²) < 4.78 is 5.00. The lowest BCUT2D eigenvalue weighted by Crippen LogP contribution is -2.34. The minimum Gasteiger partial charge on any atom is -0.507 e. The molecule has 0 aliphatic rings. The van der Waals surface area contributed by atoms with Crippen molar-refractivity contribution in [2.24, 2.45) is 5.73 Å². The Balaban J connectivity index is 2.34. The molecule has 0 spiro atoms. The summed E-state index contributed by atoms with van der Waals surface area (Å²) in [7, 11) is 1.69. The molecule has 0 bridgehead atoms. The standard InChI is InChI=1S/C12H17N3O3/c1-15(12(13)14)7-4-8-18-11(17)9-5-2-3-6-10(9)16/h2-3,5-6,16H,4,7-8H2,1H3,(H3,13,14). The Kier molecular flexibility index (Phi) is 4.98. The summed E-state index contributed by atoms with van der Waals surface area (Å²) >= 11 is 0. The number of guanidine groups is 1. The van der Waals surface area contributed by atoms with Gasteiger partial charge in [-0.1, -0.05) is 12.1 Å². The van der Waals surface area contributed by atoms with E-state index in [-0.39, 0.29) is 23.9 Å². The Hall–Kier alpha value is -2.24. The second-order valence-electron chi connectivity index (χ2n) is 3.81. The summed E-state index contributed by atoms with van der Waals surface area (Å²) in [5, 5.41) is 16.6. The first kappa shape index (κ1) is 13.8. The summed E-state index contributed by atoms with van der Waals surface area (Å²) in [6, 6.07) is 6.22. The molecule has 18 heavy (non-hydrogen) atoms. The number of aromatic hydroxyl groups is 1. The van der Waals surface area contributed by atoms with Crippen LogP contribution in [-0.2, 0) is 4.74 Å². The van der Waals surface area contributed by atoms with Crippen LogP contribution in [0.4, 0.5) is 0 Å². The number of nitrogens with zero attached hydrogens (tertiary/aromatic N) is 1. The molecule has 98 valence electrons. The molecule has 0 amide bonds. The fraction of sp³-hybridized carbons (Fsp3) is 0.333. The Bertz CT molecular complexity index is 434. The second-order valence-corrected chi connectivity index (χ2v) is 3.81. The van der Waals surface area contributed by atoms with Gasteiger partial charge in [0.05, 0.1) is 6.61 Å². The largest absolute Gasteiger partial charge is 0.507 e. The van der Waals surface area contributed by atoms with Gasteiger partial charge in [-0.25, -0.2) is 4.79 Å². The van der Waals surface area contributed by atoms with E-state index in [0.29, 0.717) is 13.0 Å². The minimum atomic E-state index is -0.557. The number of carbonyl (C=O) groups excluding carboxylic acids is 1. The zero-order valence-corrected chi connectivity index (χ0v) is 10.2. The first-order valence-corrected chi connectivity index (χ1v) is 5.52. The Morgan fingerprint density at radius 3 is 2.78 bits per heavy atom. The van der Waals surface area contributed by atoms with Gasteiger partial charge in [0.2, 0.25) is 0 Å². The summed E-state index contributed by atoms with van der Waals surface area (Å²) in [6.07, 6.45) is 0.565. The monoisotopic (exact) mass is 251 g/mol. The number of carbonyl (C=O) groups is 1. The van der Waals surface area contributed by atoms with Crippen molar-refractivity contribution in [1.82, 2.24) is 4.90 Å². The lowest BCUT2D eigenvalue weighted by Gasteiger charge is -2.16. The van der Waals surface area contributed by atoms with Crippen molar-refractivity contribution in [2.45, 2.75) is 6.42 Å². The molecule has 1 rings (SSSR count). The number of para-hydroxylation sites is 1. The van der Waals surface area contributed by atoms with E-state index in [1.54, 1.807) is 24.1 Å². The van der Waals surface area contributed by atoms with Crippen LogP contribution in [0, 0.1) is 5.41 Å². The van der Waals surface area contributed by atoms with Crippen molar-refractivity contribution in [1.29, 1.82) is 5.41 Å². The molecular formula is C12H17N3O3. The fourth-order valence-corrected chi connectivity index (χ4v) is 1.31. The van der Waals surface area contributed by atoms with Gasteiger partial charge in [0.15, 0.2) is 5.96 Å². The van der Waals surface area contributed by atoms with Crippen LogP contribution in [0.5, 0.6) is 5.75 Å². The van der Waals surface area contributed by atoms with Gasteiger partial charge in [0, 0.05) is 13.6 Å². The number of ether oxygens (including phenoxy) is 1. The molecule has 0 atom stereocenters. The van der Waals surface area contributed by atoms with E-state index in [1.165, 1.54) is 12.1 Å². The maximum Gasteiger partial charge on any atom is 0.341 e. The molecule has 0 unspecified atom stereocenters. The van der Waals surface area contributed by atoms with Crippen LogP contribution in [0.2, 0.25) is 0 Å². The van der Waals surface area contributed by atoms with E-state index in [2.05, 4.69) is 0 Å². The molecule has 4 N–H and O–H groups in total. The Morgan fingerprint density at radius 2 is 2.17 bits per heavy atom. The lowest BCUT2D eigenvalue weighted by atomic mass is 10.2. The van der Waals surface area contributed by atoms with Crippen molar-refractivity contribution < 1.29 is 14.6 Å². The van der Waals surface area contributed by atoms with E-state index in [9.17, 15) is 9.90 Å². The number of nitrogens with one attached hydrogen (secondary N) is 1. The first-order chi connectivity index (χ1) is 8.52. The van der Waals surface area contributed by atoms with Gasteiger partial charge in [-0.2, -0.15) is 0 Å².